The molecule has 1 N–H and O–H groups in total. The predicted octanol–water partition coefficient (Wildman–Crippen LogP) is -0.343. The highest BCUT2D eigenvalue weighted by atomic mass is 32.2. The van der Waals surface area contributed by atoms with Crippen molar-refractivity contribution >= 4 is 16.8 Å². The van der Waals surface area contributed by atoms with Gasteiger partial charge in [-0.05, 0) is 18.1 Å². The third-order valence-corrected chi connectivity index (χ3v) is 2.01. The summed E-state index contributed by atoms with van der Waals surface area (Å²) in [6.45, 7) is 0. The standard InChI is InChI=1S/C8H10N2O3S/c11-8(10-14(12)13)4-3-7-2-1-5-9-6-7/h1-2,5-6,14H,3-4H2,(H,10,11,12,13). The van der Waals surface area contributed by atoms with Gasteiger partial charge in [-0.3, -0.25) is 14.5 Å². The summed E-state index contributed by atoms with van der Waals surface area (Å²) in [5.41, 5.74) is 0.906. The van der Waals surface area contributed by atoms with Crippen LogP contribution in [0.25, 0.3) is 0 Å². The van der Waals surface area contributed by atoms with Gasteiger partial charge in [0.05, 0.1) is 0 Å². The number of amides is 1. The number of rotatable bonds is 4. The lowest BCUT2D eigenvalue weighted by Crippen LogP contribution is -2.21. The molecule has 1 aromatic rings. The average Bonchev–Trinajstić information content (AvgIpc) is 2.15. The van der Waals surface area contributed by atoms with E-state index >= 15 is 0 Å². The molecule has 0 aliphatic heterocycles. The van der Waals surface area contributed by atoms with Gasteiger partial charge in [0.15, 0.2) is 0 Å². The van der Waals surface area contributed by atoms with Crippen LogP contribution in [-0.2, 0) is 22.1 Å². The molecule has 0 radical (unpaired) electrons. The van der Waals surface area contributed by atoms with Crippen LogP contribution >= 0.6 is 0 Å². The molecule has 76 valence electrons. The van der Waals surface area contributed by atoms with E-state index in [-0.39, 0.29) is 6.42 Å². The van der Waals surface area contributed by atoms with Crippen LogP contribution in [0, 0.1) is 0 Å². The summed E-state index contributed by atoms with van der Waals surface area (Å²) in [4.78, 5) is 14.8. The Labute approximate surface area is 83.2 Å². The van der Waals surface area contributed by atoms with E-state index in [1.165, 1.54) is 0 Å². The van der Waals surface area contributed by atoms with E-state index in [0.717, 1.165) is 5.56 Å². The molecule has 0 atom stereocenters. The Bertz CT molecular complexity index is 367. The summed E-state index contributed by atoms with van der Waals surface area (Å²) in [7, 11) is -2.84. The summed E-state index contributed by atoms with van der Waals surface area (Å²) in [5.74, 6) is -0.495. The molecular formula is C8H10N2O3S. The molecule has 1 amide bonds. The zero-order chi connectivity index (χ0) is 10.4. The van der Waals surface area contributed by atoms with Gasteiger partial charge in [-0.1, -0.05) is 6.07 Å². The fraction of sp³-hybridized carbons (Fsp3) is 0.250. The number of hydrogen-bond donors (Lipinski definition) is 2. The molecule has 0 saturated carbocycles. The number of carbonyl (C=O) groups is 1. The number of nitrogens with zero attached hydrogens (tertiary/aromatic N) is 1. The van der Waals surface area contributed by atoms with Crippen LogP contribution in [0.2, 0.25) is 0 Å². The fourth-order valence-electron chi connectivity index (χ4n) is 0.962. The molecule has 1 heterocycles. The van der Waals surface area contributed by atoms with Crippen molar-refractivity contribution in [2.45, 2.75) is 12.8 Å². The molecule has 0 bridgehead atoms. The van der Waals surface area contributed by atoms with E-state index in [1.807, 2.05) is 10.8 Å². The van der Waals surface area contributed by atoms with Crippen LogP contribution in [0.1, 0.15) is 12.0 Å². The van der Waals surface area contributed by atoms with Gasteiger partial charge in [0.1, 0.15) is 0 Å². The van der Waals surface area contributed by atoms with Crippen LogP contribution in [0.15, 0.2) is 24.5 Å². The largest absolute Gasteiger partial charge is 0.274 e. The monoisotopic (exact) mass is 214 g/mol. The number of carbonyl (C=O) groups excluding carboxylic acids is 1. The van der Waals surface area contributed by atoms with Crippen molar-refractivity contribution < 1.29 is 13.2 Å². The van der Waals surface area contributed by atoms with Gasteiger partial charge in [-0.15, -0.1) is 0 Å². The molecule has 0 spiro atoms. The van der Waals surface area contributed by atoms with Crippen molar-refractivity contribution in [3.63, 3.8) is 0 Å². The first-order valence-electron chi connectivity index (χ1n) is 4.01. The molecule has 0 fully saturated rings. The molecular weight excluding hydrogens is 204 g/mol. The predicted molar refractivity (Wildman–Crippen MR) is 51.0 cm³/mol. The number of thiol groups is 1. The maximum atomic E-state index is 10.9. The third kappa shape index (κ3) is 3.99. The number of pyridine rings is 1. The van der Waals surface area contributed by atoms with Crippen LogP contribution in [0.4, 0.5) is 0 Å². The molecule has 1 aromatic heterocycles. The van der Waals surface area contributed by atoms with Gasteiger partial charge in [0, 0.05) is 18.8 Å². The molecule has 6 heteroatoms. The Morgan fingerprint density at radius 2 is 2.29 bits per heavy atom. The summed E-state index contributed by atoms with van der Waals surface area (Å²) in [5, 5.41) is 0. The number of hydrogen-bond acceptors (Lipinski definition) is 4. The zero-order valence-corrected chi connectivity index (χ0v) is 8.24. The van der Waals surface area contributed by atoms with Gasteiger partial charge in [-0.25, -0.2) is 8.42 Å². The minimum absolute atomic E-state index is 0.148. The highest BCUT2D eigenvalue weighted by molar-refractivity contribution is 7.71. The summed E-state index contributed by atoms with van der Waals surface area (Å²) >= 11 is 0. The highest BCUT2D eigenvalue weighted by Gasteiger charge is 2.01. The lowest BCUT2D eigenvalue weighted by atomic mass is 10.1. The van der Waals surface area contributed by atoms with Crippen molar-refractivity contribution in [3.05, 3.63) is 30.1 Å². The zero-order valence-electron chi connectivity index (χ0n) is 7.34. The van der Waals surface area contributed by atoms with E-state index in [0.29, 0.717) is 6.42 Å². The Morgan fingerprint density at radius 3 is 2.86 bits per heavy atom. The molecule has 0 aliphatic rings. The second-order valence-electron chi connectivity index (χ2n) is 2.65. The first-order valence-corrected chi connectivity index (χ1v) is 5.19. The molecule has 1 rings (SSSR count). The van der Waals surface area contributed by atoms with Crippen molar-refractivity contribution in [2.24, 2.45) is 0 Å². The van der Waals surface area contributed by atoms with Gasteiger partial charge < -0.3 is 0 Å². The van der Waals surface area contributed by atoms with E-state index in [9.17, 15) is 13.2 Å². The quantitative estimate of drug-likeness (QED) is 0.672. The first kappa shape index (κ1) is 10.6. The van der Waals surface area contributed by atoms with Gasteiger partial charge >= 0.3 is 0 Å². The molecule has 0 unspecified atom stereocenters. The Hall–Kier alpha value is -1.43. The van der Waals surface area contributed by atoms with E-state index in [1.54, 1.807) is 18.5 Å². The Balaban J connectivity index is 2.38. The topological polar surface area (TPSA) is 76.1 Å². The molecule has 0 saturated heterocycles. The molecule has 14 heavy (non-hydrogen) atoms. The Morgan fingerprint density at radius 1 is 1.50 bits per heavy atom. The lowest BCUT2D eigenvalue weighted by molar-refractivity contribution is -0.119. The van der Waals surface area contributed by atoms with Crippen molar-refractivity contribution in [1.82, 2.24) is 9.71 Å². The van der Waals surface area contributed by atoms with E-state index in [4.69, 9.17) is 0 Å². The van der Waals surface area contributed by atoms with Crippen LogP contribution in [0.5, 0.6) is 0 Å². The smallest absolute Gasteiger partial charge is 0.233 e. The van der Waals surface area contributed by atoms with Gasteiger partial charge in [0.2, 0.25) is 16.8 Å². The maximum Gasteiger partial charge on any atom is 0.233 e. The van der Waals surface area contributed by atoms with Gasteiger partial charge in [-0.2, -0.15) is 0 Å². The average molecular weight is 214 g/mol. The molecule has 0 aromatic carbocycles. The van der Waals surface area contributed by atoms with Crippen molar-refractivity contribution in [3.8, 4) is 0 Å². The van der Waals surface area contributed by atoms with Crippen molar-refractivity contribution in [2.75, 3.05) is 0 Å². The fourth-order valence-corrected chi connectivity index (χ4v) is 1.28. The maximum absolute atomic E-state index is 10.9. The number of aryl methyl sites for hydroxylation is 1. The minimum Gasteiger partial charge on any atom is -0.274 e. The third-order valence-electron chi connectivity index (χ3n) is 1.58. The number of nitrogens with one attached hydrogen (secondary N) is 1. The summed E-state index contributed by atoms with van der Waals surface area (Å²) in [6, 6.07) is 3.60. The minimum atomic E-state index is -2.84. The number of aromatic nitrogens is 1. The van der Waals surface area contributed by atoms with E-state index < -0.39 is 16.8 Å². The second kappa shape index (κ2) is 5.33. The van der Waals surface area contributed by atoms with Gasteiger partial charge in [0.25, 0.3) is 0 Å². The summed E-state index contributed by atoms with van der Waals surface area (Å²) < 4.78 is 22.0. The van der Waals surface area contributed by atoms with Crippen molar-refractivity contribution in [1.29, 1.82) is 0 Å². The Kier molecular flexibility index (Phi) is 4.06. The normalized spacial score (nSPS) is 10.1. The van der Waals surface area contributed by atoms with E-state index in [2.05, 4.69) is 4.98 Å². The van der Waals surface area contributed by atoms with Crippen LogP contribution < -0.4 is 4.72 Å². The molecule has 0 aliphatic carbocycles. The molecule has 5 nitrogen and oxygen atoms in total. The SMILES string of the molecule is O=C(CCc1cccnc1)N[SH](=O)=O. The highest BCUT2D eigenvalue weighted by Crippen LogP contribution is 1.99. The lowest BCUT2D eigenvalue weighted by Gasteiger charge is -1.98. The van der Waals surface area contributed by atoms with Crippen LogP contribution in [-0.4, -0.2) is 19.3 Å². The first-order chi connectivity index (χ1) is 6.68. The van der Waals surface area contributed by atoms with Crippen LogP contribution in [0.3, 0.4) is 0 Å². The second-order valence-corrected chi connectivity index (χ2v) is 3.39. The summed E-state index contributed by atoms with van der Waals surface area (Å²) in [6.07, 6.45) is 3.92.